The molecule has 1 N–H and O–H groups in total. The summed E-state index contributed by atoms with van der Waals surface area (Å²) >= 11 is 9.38. The molecule has 2 aromatic rings. The molecule has 0 spiro atoms. The second-order valence-electron chi connectivity index (χ2n) is 4.90. The molecule has 22 heavy (non-hydrogen) atoms. The average Bonchev–Trinajstić information content (AvgIpc) is 2.49. The maximum atomic E-state index is 12.6. The van der Waals surface area contributed by atoms with Crippen LogP contribution < -0.4 is 10.1 Å². The molecule has 0 saturated heterocycles. The van der Waals surface area contributed by atoms with Crippen LogP contribution in [0.25, 0.3) is 0 Å². The predicted octanol–water partition coefficient (Wildman–Crippen LogP) is 5.45. The number of nitrogens with one attached hydrogen (secondary N) is 1. The molecule has 0 fully saturated rings. The van der Waals surface area contributed by atoms with Crippen LogP contribution in [0.4, 0.5) is 5.69 Å². The van der Waals surface area contributed by atoms with Crippen molar-refractivity contribution in [2.45, 2.75) is 20.3 Å². The molecular formula is C17H17BrClNO2. The molecule has 0 atom stereocenters. The molecule has 2 rings (SSSR count). The fraction of sp³-hybridized carbons (Fsp3) is 0.235. The van der Waals surface area contributed by atoms with Crippen molar-refractivity contribution in [3.05, 3.63) is 57.0 Å². The number of amides is 1. The number of benzene rings is 2. The summed E-state index contributed by atoms with van der Waals surface area (Å²) in [7, 11) is 0. The van der Waals surface area contributed by atoms with Gasteiger partial charge in [-0.15, -0.1) is 0 Å². The van der Waals surface area contributed by atoms with E-state index in [1.54, 1.807) is 24.3 Å². The zero-order valence-electron chi connectivity index (χ0n) is 12.5. The minimum absolute atomic E-state index is 0.224. The van der Waals surface area contributed by atoms with E-state index < -0.39 is 0 Å². The highest BCUT2D eigenvalue weighted by Crippen LogP contribution is 2.26. The lowest BCUT2D eigenvalue weighted by atomic mass is 10.1. The molecular weight excluding hydrogens is 366 g/mol. The summed E-state index contributed by atoms with van der Waals surface area (Å²) in [5.41, 5.74) is 2.13. The van der Waals surface area contributed by atoms with Crippen molar-refractivity contribution in [2.75, 3.05) is 11.9 Å². The molecule has 0 saturated carbocycles. The smallest absolute Gasteiger partial charge is 0.259 e. The highest BCUT2D eigenvalue weighted by atomic mass is 79.9. The van der Waals surface area contributed by atoms with Crippen LogP contribution in [-0.4, -0.2) is 12.5 Å². The van der Waals surface area contributed by atoms with Gasteiger partial charge >= 0.3 is 0 Å². The van der Waals surface area contributed by atoms with Crippen molar-refractivity contribution in [2.24, 2.45) is 0 Å². The van der Waals surface area contributed by atoms with Gasteiger partial charge in [0.25, 0.3) is 5.91 Å². The Hall–Kier alpha value is -1.52. The van der Waals surface area contributed by atoms with Gasteiger partial charge in [-0.05, 0) is 49.2 Å². The van der Waals surface area contributed by atoms with Gasteiger partial charge in [0.1, 0.15) is 5.75 Å². The zero-order chi connectivity index (χ0) is 16.1. The molecule has 0 aliphatic carbocycles. The van der Waals surface area contributed by atoms with E-state index in [-0.39, 0.29) is 5.91 Å². The van der Waals surface area contributed by atoms with Gasteiger partial charge in [0.05, 0.1) is 12.2 Å². The SMILES string of the molecule is CCCOc1ccc(Br)cc1C(=O)Nc1cc(Cl)ccc1C. The van der Waals surface area contributed by atoms with Crippen LogP contribution in [0.3, 0.4) is 0 Å². The van der Waals surface area contributed by atoms with E-state index in [0.29, 0.717) is 28.6 Å². The Bertz CT molecular complexity index is 688. The third-order valence-corrected chi connectivity index (χ3v) is 3.82. The van der Waals surface area contributed by atoms with Crippen LogP contribution in [0.2, 0.25) is 5.02 Å². The Kier molecular flexibility index (Phi) is 5.86. The number of halogens is 2. The minimum atomic E-state index is -0.224. The van der Waals surface area contributed by atoms with Gasteiger partial charge in [-0.2, -0.15) is 0 Å². The topological polar surface area (TPSA) is 38.3 Å². The fourth-order valence-electron chi connectivity index (χ4n) is 1.94. The van der Waals surface area contributed by atoms with Gasteiger partial charge in [0.15, 0.2) is 0 Å². The molecule has 2 aromatic carbocycles. The van der Waals surface area contributed by atoms with E-state index in [1.807, 2.05) is 26.0 Å². The summed E-state index contributed by atoms with van der Waals surface area (Å²) in [6.45, 7) is 4.51. The standard InChI is InChI=1S/C17H17BrClNO2/c1-3-8-22-16-7-5-12(18)9-14(16)17(21)20-15-10-13(19)6-4-11(15)2/h4-7,9-10H,3,8H2,1-2H3,(H,20,21). The van der Waals surface area contributed by atoms with E-state index in [4.69, 9.17) is 16.3 Å². The molecule has 0 unspecified atom stereocenters. The van der Waals surface area contributed by atoms with Crippen molar-refractivity contribution in [1.29, 1.82) is 0 Å². The normalized spacial score (nSPS) is 10.4. The summed E-state index contributed by atoms with van der Waals surface area (Å²) in [6, 6.07) is 10.8. The first-order valence-corrected chi connectivity index (χ1v) is 8.18. The third-order valence-electron chi connectivity index (χ3n) is 3.10. The number of anilines is 1. The maximum absolute atomic E-state index is 12.6. The first-order chi connectivity index (χ1) is 10.5. The second kappa shape index (κ2) is 7.65. The average molecular weight is 383 g/mol. The summed E-state index contributed by atoms with van der Waals surface area (Å²) in [5, 5.41) is 3.47. The second-order valence-corrected chi connectivity index (χ2v) is 6.25. The van der Waals surface area contributed by atoms with Crippen LogP contribution in [0.15, 0.2) is 40.9 Å². The summed E-state index contributed by atoms with van der Waals surface area (Å²) in [4.78, 5) is 12.6. The van der Waals surface area contributed by atoms with Gasteiger partial charge in [-0.25, -0.2) is 0 Å². The van der Waals surface area contributed by atoms with Crippen molar-refractivity contribution in [3.63, 3.8) is 0 Å². The third kappa shape index (κ3) is 4.24. The highest BCUT2D eigenvalue weighted by molar-refractivity contribution is 9.10. The van der Waals surface area contributed by atoms with Crippen molar-refractivity contribution >= 4 is 39.1 Å². The number of hydrogen-bond donors (Lipinski definition) is 1. The quantitative estimate of drug-likeness (QED) is 0.746. The van der Waals surface area contributed by atoms with Crippen LogP contribution >= 0.6 is 27.5 Å². The van der Waals surface area contributed by atoms with Crippen molar-refractivity contribution in [3.8, 4) is 5.75 Å². The number of rotatable bonds is 5. The maximum Gasteiger partial charge on any atom is 0.259 e. The lowest BCUT2D eigenvalue weighted by Gasteiger charge is -2.13. The molecule has 3 nitrogen and oxygen atoms in total. The van der Waals surface area contributed by atoms with Crippen LogP contribution in [-0.2, 0) is 0 Å². The van der Waals surface area contributed by atoms with Gasteiger partial charge in [-0.1, -0.05) is 40.5 Å². The van der Waals surface area contributed by atoms with E-state index in [2.05, 4.69) is 21.2 Å². The first-order valence-electron chi connectivity index (χ1n) is 7.01. The molecule has 0 aliphatic heterocycles. The van der Waals surface area contributed by atoms with E-state index in [9.17, 15) is 4.79 Å². The Morgan fingerprint density at radius 3 is 2.77 bits per heavy atom. The van der Waals surface area contributed by atoms with Crippen molar-refractivity contribution in [1.82, 2.24) is 0 Å². The van der Waals surface area contributed by atoms with Crippen LogP contribution in [0.5, 0.6) is 5.75 Å². The fourth-order valence-corrected chi connectivity index (χ4v) is 2.47. The van der Waals surface area contributed by atoms with Crippen LogP contribution in [0.1, 0.15) is 29.3 Å². The number of aryl methyl sites for hydroxylation is 1. The highest BCUT2D eigenvalue weighted by Gasteiger charge is 2.14. The number of hydrogen-bond acceptors (Lipinski definition) is 2. The van der Waals surface area contributed by atoms with E-state index in [0.717, 1.165) is 16.5 Å². The van der Waals surface area contributed by atoms with E-state index >= 15 is 0 Å². The molecule has 0 aliphatic rings. The summed E-state index contributed by atoms with van der Waals surface area (Å²) < 4.78 is 6.47. The van der Waals surface area contributed by atoms with Crippen LogP contribution in [0, 0.1) is 6.92 Å². The molecule has 0 radical (unpaired) electrons. The molecule has 0 aromatic heterocycles. The monoisotopic (exact) mass is 381 g/mol. The molecule has 0 bridgehead atoms. The summed E-state index contributed by atoms with van der Waals surface area (Å²) in [6.07, 6.45) is 0.879. The molecule has 0 heterocycles. The predicted molar refractivity (Wildman–Crippen MR) is 94.1 cm³/mol. The molecule has 116 valence electrons. The number of carbonyl (C=O) groups excluding carboxylic acids is 1. The molecule has 1 amide bonds. The number of ether oxygens (including phenoxy) is 1. The lowest BCUT2D eigenvalue weighted by molar-refractivity contribution is 0.102. The van der Waals surface area contributed by atoms with E-state index in [1.165, 1.54) is 0 Å². The van der Waals surface area contributed by atoms with Gasteiger partial charge in [0.2, 0.25) is 0 Å². The van der Waals surface area contributed by atoms with Gasteiger partial charge in [0, 0.05) is 15.2 Å². The number of carbonyl (C=O) groups is 1. The molecule has 5 heteroatoms. The first kappa shape index (κ1) is 16.8. The van der Waals surface area contributed by atoms with Crippen molar-refractivity contribution < 1.29 is 9.53 Å². The van der Waals surface area contributed by atoms with Gasteiger partial charge < -0.3 is 10.1 Å². The largest absolute Gasteiger partial charge is 0.493 e. The summed E-state index contributed by atoms with van der Waals surface area (Å²) in [5.74, 6) is 0.347. The Morgan fingerprint density at radius 1 is 1.27 bits per heavy atom. The minimum Gasteiger partial charge on any atom is -0.493 e. The Labute approximate surface area is 143 Å². The van der Waals surface area contributed by atoms with Gasteiger partial charge in [-0.3, -0.25) is 4.79 Å². The lowest BCUT2D eigenvalue weighted by Crippen LogP contribution is -2.14. The zero-order valence-corrected chi connectivity index (χ0v) is 14.8. The Morgan fingerprint density at radius 2 is 2.05 bits per heavy atom. The Balaban J connectivity index is 2.28.